The van der Waals surface area contributed by atoms with Gasteiger partial charge in [-0.1, -0.05) is 30.3 Å². The average Bonchev–Trinajstić information content (AvgIpc) is 2.91. The van der Waals surface area contributed by atoms with Gasteiger partial charge in [-0.2, -0.15) is 5.10 Å². The van der Waals surface area contributed by atoms with E-state index in [0.717, 1.165) is 11.1 Å². The highest BCUT2D eigenvalue weighted by atomic mass is 16.2. The summed E-state index contributed by atoms with van der Waals surface area (Å²) in [4.78, 5) is 14.2. The molecule has 0 bridgehead atoms. The van der Waals surface area contributed by atoms with Gasteiger partial charge in [-0.3, -0.25) is 9.48 Å². The molecule has 1 aromatic carbocycles. The van der Waals surface area contributed by atoms with Crippen LogP contribution in [0.25, 0.3) is 0 Å². The first-order chi connectivity index (χ1) is 9.61. The second-order valence-corrected chi connectivity index (χ2v) is 4.76. The van der Waals surface area contributed by atoms with Crippen molar-refractivity contribution in [1.82, 2.24) is 14.7 Å². The lowest BCUT2D eigenvalue weighted by Gasteiger charge is -2.24. The van der Waals surface area contributed by atoms with Crippen molar-refractivity contribution in [2.75, 3.05) is 6.54 Å². The number of carbonyl (C=O) groups excluding carboxylic acids is 1. The number of rotatable bonds is 5. The maximum absolute atomic E-state index is 12.5. The van der Waals surface area contributed by atoms with E-state index >= 15 is 0 Å². The highest BCUT2D eigenvalue weighted by Crippen LogP contribution is 2.14. The van der Waals surface area contributed by atoms with Crippen molar-refractivity contribution >= 4 is 5.91 Å². The smallest absolute Gasteiger partial charge is 0.244 e. The zero-order valence-electron chi connectivity index (χ0n) is 11.9. The molecule has 2 aromatic rings. The van der Waals surface area contributed by atoms with E-state index in [-0.39, 0.29) is 5.91 Å². The molecule has 0 aliphatic rings. The fourth-order valence-electron chi connectivity index (χ4n) is 2.09. The molecule has 2 rings (SSSR count). The van der Waals surface area contributed by atoms with E-state index in [4.69, 9.17) is 5.73 Å². The molecular weight excluding hydrogens is 252 g/mol. The Balaban J connectivity index is 2.09. The van der Waals surface area contributed by atoms with Crippen molar-refractivity contribution in [2.24, 2.45) is 12.8 Å². The number of hydrogen-bond acceptors (Lipinski definition) is 3. The van der Waals surface area contributed by atoms with E-state index in [1.54, 1.807) is 22.0 Å². The number of benzene rings is 1. The molecule has 5 nitrogen and oxygen atoms in total. The summed E-state index contributed by atoms with van der Waals surface area (Å²) < 4.78 is 1.65. The van der Waals surface area contributed by atoms with Crippen LogP contribution in [-0.4, -0.2) is 27.1 Å². The zero-order valence-corrected chi connectivity index (χ0v) is 11.9. The third kappa shape index (κ3) is 3.24. The first-order valence-electron chi connectivity index (χ1n) is 6.68. The van der Waals surface area contributed by atoms with Crippen LogP contribution >= 0.6 is 0 Å². The standard InChI is InChI=1S/C15H20N4O/c1-3-19(10-12-7-5-4-6-8-12)15(20)14(16)13-9-17-18(2)11-13/h4-9,11,14H,3,10,16H2,1-2H3. The highest BCUT2D eigenvalue weighted by Gasteiger charge is 2.22. The molecule has 106 valence electrons. The molecule has 0 aliphatic carbocycles. The van der Waals surface area contributed by atoms with Crippen LogP contribution in [0.5, 0.6) is 0 Å². The minimum atomic E-state index is -0.660. The van der Waals surface area contributed by atoms with Crippen LogP contribution in [0.2, 0.25) is 0 Å². The Labute approximate surface area is 119 Å². The van der Waals surface area contributed by atoms with Crippen LogP contribution in [0.1, 0.15) is 24.1 Å². The van der Waals surface area contributed by atoms with Gasteiger partial charge in [0.15, 0.2) is 0 Å². The lowest BCUT2D eigenvalue weighted by atomic mass is 10.1. The van der Waals surface area contributed by atoms with E-state index in [1.807, 2.05) is 44.3 Å². The van der Waals surface area contributed by atoms with E-state index in [1.165, 1.54) is 0 Å². The van der Waals surface area contributed by atoms with Crippen molar-refractivity contribution in [1.29, 1.82) is 0 Å². The number of aryl methyl sites for hydroxylation is 1. The lowest BCUT2D eigenvalue weighted by molar-refractivity contribution is -0.133. The first-order valence-corrected chi connectivity index (χ1v) is 6.68. The molecule has 20 heavy (non-hydrogen) atoms. The number of hydrogen-bond donors (Lipinski definition) is 1. The quantitative estimate of drug-likeness (QED) is 0.896. The number of likely N-dealkylation sites (N-methyl/N-ethyl adjacent to an activating group) is 1. The van der Waals surface area contributed by atoms with E-state index < -0.39 is 6.04 Å². The Morgan fingerprint density at radius 3 is 2.65 bits per heavy atom. The average molecular weight is 272 g/mol. The third-order valence-electron chi connectivity index (χ3n) is 3.26. The summed E-state index contributed by atoms with van der Waals surface area (Å²) in [5.41, 5.74) is 7.88. The first kappa shape index (κ1) is 14.3. The monoisotopic (exact) mass is 272 g/mol. The molecule has 0 radical (unpaired) electrons. The van der Waals surface area contributed by atoms with Gasteiger partial charge >= 0.3 is 0 Å². The fraction of sp³-hybridized carbons (Fsp3) is 0.333. The van der Waals surface area contributed by atoms with Crippen molar-refractivity contribution < 1.29 is 4.79 Å². The maximum atomic E-state index is 12.5. The van der Waals surface area contributed by atoms with Gasteiger partial charge in [-0.15, -0.1) is 0 Å². The normalized spacial score (nSPS) is 12.2. The van der Waals surface area contributed by atoms with E-state index in [2.05, 4.69) is 5.10 Å². The molecule has 5 heteroatoms. The van der Waals surface area contributed by atoms with Gasteiger partial charge in [0.2, 0.25) is 5.91 Å². The van der Waals surface area contributed by atoms with E-state index in [9.17, 15) is 4.79 Å². The molecule has 0 spiro atoms. The second kappa shape index (κ2) is 6.34. The minimum Gasteiger partial charge on any atom is -0.337 e. The van der Waals surface area contributed by atoms with Gasteiger partial charge in [0.1, 0.15) is 6.04 Å². The predicted molar refractivity (Wildman–Crippen MR) is 77.7 cm³/mol. The SMILES string of the molecule is CCN(Cc1ccccc1)C(=O)C(N)c1cnn(C)c1. The Morgan fingerprint density at radius 1 is 1.40 bits per heavy atom. The minimum absolute atomic E-state index is 0.0793. The van der Waals surface area contributed by atoms with Gasteiger partial charge < -0.3 is 10.6 Å². The zero-order chi connectivity index (χ0) is 14.5. The molecule has 1 aromatic heterocycles. The van der Waals surface area contributed by atoms with Gasteiger partial charge in [0.05, 0.1) is 6.20 Å². The maximum Gasteiger partial charge on any atom is 0.244 e. The van der Waals surface area contributed by atoms with Crippen molar-refractivity contribution in [3.8, 4) is 0 Å². The fourth-order valence-corrected chi connectivity index (χ4v) is 2.09. The molecule has 0 saturated carbocycles. The predicted octanol–water partition coefficient (Wildman–Crippen LogP) is 1.47. The molecule has 0 fully saturated rings. The molecule has 1 amide bonds. The van der Waals surface area contributed by atoms with Gasteiger partial charge in [-0.05, 0) is 12.5 Å². The Kier molecular flexibility index (Phi) is 4.53. The highest BCUT2D eigenvalue weighted by molar-refractivity contribution is 5.82. The number of aromatic nitrogens is 2. The van der Waals surface area contributed by atoms with Gasteiger partial charge in [-0.25, -0.2) is 0 Å². The van der Waals surface area contributed by atoms with Crippen molar-refractivity contribution in [3.05, 3.63) is 53.9 Å². The third-order valence-corrected chi connectivity index (χ3v) is 3.26. The van der Waals surface area contributed by atoms with Crippen LogP contribution in [-0.2, 0) is 18.4 Å². The summed E-state index contributed by atoms with van der Waals surface area (Å²) in [7, 11) is 1.81. The summed E-state index contributed by atoms with van der Waals surface area (Å²) >= 11 is 0. The summed E-state index contributed by atoms with van der Waals surface area (Å²) in [5.74, 6) is -0.0793. The van der Waals surface area contributed by atoms with Crippen LogP contribution in [0.15, 0.2) is 42.7 Å². The molecule has 1 unspecified atom stereocenters. The van der Waals surface area contributed by atoms with Crippen LogP contribution in [0, 0.1) is 0 Å². The number of carbonyl (C=O) groups is 1. The summed E-state index contributed by atoms with van der Waals surface area (Å²) in [6.45, 7) is 3.16. The summed E-state index contributed by atoms with van der Waals surface area (Å²) in [6.07, 6.45) is 3.41. The Hall–Kier alpha value is -2.14. The Bertz CT molecular complexity index is 564. The number of nitrogens with two attached hydrogens (primary N) is 1. The number of amides is 1. The van der Waals surface area contributed by atoms with Crippen LogP contribution in [0.3, 0.4) is 0 Å². The summed E-state index contributed by atoms with van der Waals surface area (Å²) in [6, 6.07) is 9.25. The second-order valence-electron chi connectivity index (χ2n) is 4.76. The Morgan fingerprint density at radius 2 is 2.10 bits per heavy atom. The van der Waals surface area contributed by atoms with Gasteiger partial charge in [0.25, 0.3) is 0 Å². The topological polar surface area (TPSA) is 64.2 Å². The molecule has 2 N–H and O–H groups in total. The molecular formula is C15H20N4O. The van der Waals surface area contributed by atoms with E-state index in [0.29, 0.717) is 13.1 Å². The molecule has 0 saturated heterocycles. The largest absolute Gasteiger partial charge is 0.337 e. The van der Waals surface area contributed by atoms with Crippen molar-refractivity contribution in [2.45, 2.75) is 19.5 Å². The molecule has 1 heterocycles. The van der Waals surface area contributed by atoms with Gasteiger partial charge in [0, 0.05) is 31.9 Å². The van der Waals surface area contributed by atoms with Crippen LogP contribution in [0.4, 0.5) is 0 Å². The molecule has 0 aliphatic heterocycles. The van der Waals surface area contributed by atoms with Crippen molar-refractivity contribution in [3.63, 3.8) is 0 Å². The summed E-state index contributed by atoms with van der Waals surface area (Å²) in [5, 5.41) is 4.06. The number of nitrogens with zero attached hydrogens (tertiary/aromatic N) is 3. The lowest BCUT2D eigenvalue weighted by Crippen LogP contribution is -2.37. The molecule has 1 atom stereocenters. The van der Waals surface area contributed by atoms with Crippen LogP contribution < -0.4 is 5.73 Å².